The van der Waals surface area contributed by atoms with E-state index in [-0.39, 0.29) is 6.04 Å². The first-order valence-corrected chi connectivity index (χ1v) is 6.26. The Labute approximate surface area is 98.6 Å². The van der Waals surface area contributed by atoms with Crippen molar-refractivity contribution >= 4 is 11.3 Å². The predicted molar refractivity (Wildman–Crippen MR) is 64.6 cm³/mol. The quantitative estimate of drug-likeness (QED) is 0.816. The van der Waals surface area contributed by atoms with E-state index >= 15 is 0 Å². The highest BCUT2D eigenvalue weighted by molar-refractivity contribution is 7.11. The summed E-state index contributed by atoms with van der Waals surface area (Å²) in [5, 5.41) is 4.69. The van der Waals surface area contributed by atoms with Crippen molar-refractivity contribution < 1.29 is 0 Å². The molecule has 3 rings (SSSR count). The molecule has 0 aromatic carbocycles. The van der Waals surface area contributed by atoms with Gasteiger partial charge in [-0.05, 0) is 18.6 Å². The summed E-state index contributed by atoms with van der Waals surface area (Å²) in [6.07, 6.45) is 4.78. The molecule has 0 aliphatic carbocycles. The number of aromatic nitrogens is 2. The van der Waals surface area contributed by atoms with Gasteiger partial charge in [-0.25, -0.2) is 4.98 Å². The second-order valence-electron chi connectivity index (χ2n) is 3.97. The van der Waals surface area contributed by atoms with Gasteiger partial charge in [0.1, 0.15) is 0 Å². The smallest absolute Gasteiger partial charge is 0.0900 e. The molecule has 82 valence electrons. The summed E-state index contributed by atoms with van der Waals surface area (Å²) in [6.45, 7) is 3.07. The monoisotopic (exact) mass is 231 g/mol. The molecule has 2 aromatic heterocycles. The molecule has 1 atom stereocenters. The summed E-state index contributed by atoms with van der Waals surface area (Å²) in [5.74, 6) is 0. The number of fused-ring (bicyclic) bond motifs is 1. The molecule has 1 unspecified atom stereocenters. The van der Waals surface area contributed by atoms with Crippen LogP contribution in [-0.4, -0.2) is 16.5 Å². The molecule has 3 nitrogen and oxygen atoms in total. The Morgan fingerprint density at radius 1 is 1.50 bits per heavy atom. The zero-order valence-electron chi connectivity index (χ0n) is 9.10. The van der Waals surface area contributed by atoms with Crippen LogP contribution in [0.1, 0.15) is 27.2 Å². The zero-order chi connectivity index (χ0) is 11.0. The van der Waals surface area contributed by atoms with Crippen LogP contribution in [0.4, 0.5) is 0 Å². The van der Waals surface area contributed by atoms with E-state index in [0.717, 1.165) is 18.0 Å². The van der Waals surface area contributed by atoms with Gasteiger partial charge >= 0.3 is 0 Å². The van der Waals surface area contributed by atoms with E-state index in [1.54, 1.807) is 11.3 Å². The fraction of sp³-hybridized carbons (Fsp3) is 0.333. The number of hydrogen-bond acceptors (Lipinski definition) is 4. The van der Waals surface area contributed by atoms with Crippen molar-refractivity contribution in [2.24, 2.45) is 0 Å². The molecular formula is C12H13N3S. The van der Waals surface area contributed by atoms with Crippen molar-refractivity contribution in [1.82, 2.24) is 15.3 Å². The first kappa shape index (κ1) is 9.93. The number of nitrogens with one attached hydrogen (secondary N) is 1. The lowest BCUT2D eigenvalue weighted by Gasteiger charge is -2.22. The molecule has 0 amide bonds. The Morgan fingerprint density at radius 2 is 2.44 bits per heavy atom. The minimum atomic E-state index is 0.281. The molecule has 0 saturated carbocycles. The molecule has 1 aliphatic heterocycles. The molecule has 3 heterocycles. The van der Waals surface area contributed by atoms with Crippen molar-refractivity contribution in [2.45, 2.75) is 19.4 Å². The summed E-state index contributed by atoms with van der Waals surface area (Å²) in [7, 11) is 0. The molecule has 1 aliphatic rings. The highest BCUT2D eigenvalue weighted by atomic mass is 32.1. The number of nitrogens with zero attached hydrogens (tertiary/aromatic N) is 2. The second-order valence-corrected chi connectivity index (χ2v) is 5.20. The van der Waals surface area contributed by atoms with Gasteiger partial charge in [0, 0.05) is 30.2 Å². The molecule has 0 bridgehead atoms. The van der Waals surface area contributed by atoms with E-state index in [1.165, 1.54) is 16.1 Å². The van der Waals surface area contributed by atoms with Crippen molar-refractivity contribution in [2.75, 3.05) is 6.54 Å². The number of pyridine rings is 1. The number of thiazole rings is 1. The lowest BCUT2D eigenvalue weighted by atomic mass is 10.0. The van der Waals surface area contributed by atoms with E-state index < -0.39 is 0 Å². The summed E-state index contributed by atoms with van der Waals surface area (Å²) in [5.41, 5.74) is 2.49. The second kappa shape index (κ2) is 3.96. The molecule has 0 fully saturated rings. The standard InChI is InChI=1S/C12H13N3S/c1-8-15-10-4-6-14-11(12(10)16-8)9-3-2-5-13-7-9/h2-3,5,7,11,14H,4,6H2,1H3. The first-order chi connectivity index (χ1) is 7.84. The van der Waals surface area contributed by atoms with Crippen molar-refractivity contribution in [1.29, 1.82) is 0 Å². The maximum atomic E-state index is 4.59. The Morgan fingerprint density at radius 3 is 3.25 bits per heavy atom. The van der Waals surface area contributed by atoms with Gasteiger partial charge in [0.2, 0.25) is 0 Å². The highest BCUT2D eigenvalue weighted by Crippen LogP contribution is 2.32. The average molecular weight is 231 g/mol. The van der Waals surface area contributed by atoms with Gasteiger partial charge in [0.25, 0.3) is 0 Å². The molecule has 16 heavy (non-hydrogen) atoms. The minimum absolute atomic E-state index is 0.281. The lowest BCUT2D eigenvalue weighted by molar-refractivity contribution is 0.569. The number of hydrogen-bond donors (Lipinski definition) is 1. The predicted octanol–water partition coefficient (Wildman–Crippen LogP) is 2.08. The third-order valence-corrected chi connectivity index (χ3v) is 3.90. The van der Waals surface area contributed by atoms with Crippen LogP contribution in [-0.2, 0) is 6.42 Å². The van der Waals surface area contributed by atoms with Gasteiger partial charge in [-0.3, -0.25) is 4.98 Å². The van der Waals surface area contributed by atoms with E-state index in [0.29, 0.717) is 0 Å². The van der Waals surface area contributed by atoms with Crippen LogP contribution >= 0.6 is 11.3 Å². The number of aryl methyl sites for hydroxylation is 1. The van der Waals surface area contributed by atoms with Crippen LogP contribution in [0.25, 0.3) is 0 Å². The first-order valence-electron chi connectivity index (χ1n) is 5.44. The van der Waals surface area contributed by atoms with E-state index in [4.69, 9.17) is 0 Å². The third-order valence-electron chi connectivity index (χ3n) is 2.82. The van der Waals surface area contributed by atoms with Crippen LogP contribution in [0.2, 0.25) is 0 Å². The van der Waals surface area contributed by atoms with Gasteiger partial charge in [-0.2, -0.15) is 0 Å². The van der Waals surface area contributed by atoms with Gasteiger partial charge < -0.3 is 5.32 Å². The van der Waals surface area contributed by atoms with Crippen molar-refractivity contribution in [3.8, 4) is 0 Å². The van der Waals surface area contributed by atoms with Gasteiger partial charge in [-0.1, -0.05) is 6.07 Å². The van der Waals surface area contributed by atoms with Crippen LogP contribution in [0.5, 0.6) is 0 Å². The molecular weight excluding hydrogens is 218 g/mol. The van der Waals surface area contributed by atoms with E-state index in [9.17, 15) is 0 Å². The SMILES string of the molecule is Cc1nc2c(s1)C(c1cccnc1)NCC2. The largest absolute Gasteiger partial charge is 0.305 e. The van der Waals surface area contributed by atoms with Crippen molar-refractivity contribution in [3.63, 3.8) is 0 Å². The van der Waals surface area contributed by atoms with Gasteiger partial charge in [0.15, 0.2) is 0 Å². The fourth-order valence-electron chi connectivity index (χ4n) is 2.13. The molecule has 1 N–H and O–H groups in total. The lowest BCUT2D eigenvalue weighted by Crippen LogP contribution is -2.29. The van der Waals surface area contributed by atoms with Crippen molar-refractivity contribution in [3.05, 3.63) is 45.7 Å². The minimum Gasteiger partial charge on any atom is -0.305 e. The average Bonchev–Trinajstić information content (AvgIpc) is 2.70. The van der Waals surface area contributed by atoms with Crippen LogP contribution < -0.4 is 5.32 Å². The fourth-order valence-corrected chi connectivity index (χ4v) is 3.21. The van der Waals surface area contributed by atoms with E-state index in [1.807, 2.05) is 18.5 Å². The van der Waals surface area contributed by atoms with Gasteiger partial charge in [0.05, 0.1) is 16.7 Å². The molecule has 2 aromatic rings. The Hall–Kier alpha value is -1.26. The maximum absolute atomic E-state index is 4.59. The molecule has 4 heteroatoms. The summed E-state index contributed by atoms with van der Waals surface area (Å²) in [6, 6.07) is 4.39. The van der Waals surface area contributed by atoms with Crippen LogP contribution in [0.3, 0.4) is 0 Å². The van der Waals surface area contributed by atoms with Crippen LogP contribution in [0, 0.1) is 6.92 Å². The maximum Gasteiger partial charge on any atom is 0.0900 e. The molecule has 0 radical (unpaired) electrons. The highest BCUT2D eigenvalue weighted by Gasteiger charge is 2.24. The zero-order valence-corrected chi connectivity index (χ0v) is 9.92. The summed E-state index contributed by atoms with van der Waals surface area (Å²) < 4.78 is 0. The number of rotatable bonds is 1. The van der Waals surface area contributed by atoms with E-state index in [2.05, 4.69) is 28.3 Å². The normalized spacial score (nSPS) is 19.4. The summed E-state index contributed by atoms with van der Waals surface area (Å²) in [4.78, 5) is 10.1. The third kappa shape index (κ3) is 1.64. The Kier molecular flexibility index (Phi) is 2.46. The Balaban J connectivity index is 2.05. The molecule has 0 spiro atoms. The Bertz CT molecular complexity index is 492. The molecule has 0 saturated heterocycles. The van der Waals surface area contributed by atoms with Gasteiger partial charge in [-0.15, -0.1) is 11.3 Å². The summed E-state index contributed by atoms with van der Waals surface area (Å²) >= 11 is 1.79. The van der Waals surface area contributed by atoms with Crippen LogP contribution in [0.15, 0.2) is 24.5 Å². The topological polar surface area (TPSA) is 37.8 Å².